The zero-order valence-corrected chi connectivity index (χ0v) is 11.6. The normalized spacial score (nSPS) is 29.9. The molecule has 0 aromatic heterocycles. The molecular formula is C14H20N2O3. The second-order valence-electron chi connectivity index (χ2n) is 5.95. The standard InChI is InChI=1S/C14H20N2O3/c1-5-9-6-10(13(18)19-14(2,3)4)16(11(9)8-17)12-7-15-12/h5,9-10,12,15H,1,6-7H2,2-4H3. The van der Waals surface area contributed by atoms with E-state index in [1.54, 1.807) is 11.0 Å². The molecular weight excluding hydrogens is 244 g/mol. The summed E-state index contributed by atoms with van der Waals surface area (Å²) in [5.74, 6) is 1.54. The summed E-state index contributed by atoms with van der Waals surface area (Å²) in [4.78, 5) is 25.2. The van der Waals surface area contributed by atoms with Gasteiger partial charge >= 0.3 is 5.97 Å². The molecule has 104 valence electrons. The summed E-state index contributed by atoms with van der Waals surface area (Å²) in [6, 6.07) is -0.432. The summed E-state index contributed by atoms with van der Waals surface area (Å²) in [5.41, 5.74) is -0.0299. The Morgan fingerprint density at radius 3 is 2.63 bits per heavy atom. The Labute approximate surface area is 113 Å². The monoisotopic (exact) mass is 264 g/mol. The second-order valence-corrected chi connectivity index (χ2v) is 5.95. The average Bonchev–Trinajstić information content (AvgIpc) is 3.06. The topological polar surface area (TPSA) is 68.6 Å². The van der Waals surface area contributed by atoms with Crippen LogP contribution in [-0.4, -0.2) is 41.2 Å². The predicted molar refractivity (Wildman–Crippen MR) is 70.8 cm³/mol. The number of nitrogens with one attached hydrogen (secondary N) is 1. The van der Waals surface area contributed by atoms with Crippen molar-refractivity contribution in [1.29, 1.82) is 0 Å². The third-order valence-electron chi connectivity index (χ3n) is 3.23. The van der Waals surface area contributed by atoms with E-state index in [1.165, 1.54) is 0 Å². The number of hydrogen-bond donors (Lipinski definition) is 1. The largest absolute Gasteiger partial charge is 0.458 e. The molecule has 0 spiro atoms. The Hall–Kier alpha value is -1.58. The van der Waals surface area contributed by atoms with Crippen LogP contribution in [0.1, 0.15) is 27.2 Å². The Balaban J connectivity index is 2.21. The minimum Gasteiger partial charge on any atom is -0.458 e. The molecule has 1 N–H and O–H groups in total. The third-order valence-corrected chi connectivity index (χ3v) is 3.23. The maximum Gasteiger partial charge on any atom is 0.329 e. The van der Waals surface area contributed by atoms with Crippen LogP contribution in [0.3, 0.4) is 0 Å². The van der Waals surface area contributed by atoms with E-state index in [-0.39, 0.29) is 18.1 Å². The van der Waals surface area contributed by atoms with E-state index in [4.69, 9.17) is 4.74 Å². The molecule has 0 aliphatic carbocycles. The maximum atomic E-state index is 12.3. The molecule has 2 fully saturated rings. The highest BCUT2D eigenvalue weighted by atomic mass is 16.6. The summed E-state index contributed by atoms with van der Waals surface area (Å²) >= 11 is 0. The molecule has 5 heteroatoms. The van der Waals surface area contributed by atoms with Crippen molar-refractivity contribution in [2.45, 2.75) is 45.0 Å². The van der Waals surface area contributed by atoms with Crippen molar-refractivity contribution < 1.29 is 14.3 Å². The van der Waals surface area contributed by atoms with Gasteiger partial charge in [-0.2, -0.15) is 0 Å². The first-order valence-electron chi connectivity index (χ1n) is 6.49. The SMILES string of the molecule is C=CC1CC(C(=O)OC(C)(C)C)N(C2CN2)C1=C=O. The van der Waals surface area contributed by atoms with E-state index >= 15 is 0 Å². The van der Waals surface area contributed by atoms with Gasteiger partial charge in [0.15, 0.2) is 0 Å². The van der Waals surface area contributed by atoms with Crippen LogP contribution in [0.25, 0.3) is 0 Å². The number of carbonyl (C=O) groups is 1. The van der Waals surface area contributed by atoms with Crippen molar-refractivity contribution >= 4 is 11.9 Å². The molecule has 2 aliphatic heterocycles. The summed E-state index contributed by atoms with van der Waals surface area (Å²) in [7, 11) is 0. The first-order valence-corrected chi connectivity index (χ1v) is 6.49. The minimum absolute atomic E-state index is 0.0407. The number of nitrogens with zero attached hydrogens (tertiary/aromatic N) is 1. The number of rotatable bonds is 3. The predicted octanol–water partition coefficient (Wildman–Crippen LogP) is 0.849. The fourth-order valence-electron chi connectivity index (χ4n) is 2.38. The fraction of sp³-hybridized carbons (Fsp3) is 0.643. The summed E-state index contributed by atoms with van der Waals surface area (Å²) in [6.07, 6.45) is 2.26. The number of ether oxygens (including phenoxy) is 1. The molecule has 0 aromatic carbocycles. The van der Waals surface area contributed by atoms with Crippen molar-refractivity contribution in [2.75, 3.05) is 6.54 Å². The molecule has 2 saturated heterocycles. The molecule has 0 aromatic rings. The van der Waals surface area contributed by atoms with Gasteiger partial charge in [0, 0.05) is 12.5 Å². The number of carbonyl (C=O) groups excluding carboxylic acids is 2. The van der Waals surface area contributed by atoms with Crippen LogP contribution in [0, 0.1) is 5.92 Å². The first kappa shape index (κ1) is 13.8. The molecule has 0 bridgehead atoms. The van der Waals surface area contributed by atoms with Crippen molar-refractivity contribution in [1.82, 2.24) is 10.2 Å². The van der Waals surface area contributed by atoms with E-state index in [1.807, 2.05) is 26.7 Å². The lowest BCUT2D eigenvalue weighted by atomic mass is 10.0. The van der Waals surface area contributed by atoms with E-state index in [9.17, 15) is 9.59 Å². The number of hydrogen-bond acceptors (Lipinski definition) is 5. The van der Waals surface area contributed by atoms with Gasteiger partial charge in [0.05, 0.1) is 6.17 Å². The molecule has 2 aliphatic rings. The number of likely N-dealkylation sites (tertiary alicyclic amines) is 1. The quantitative estimate of drug-likeness (QED) is 0.354. The van der Waals surface area contributed by atoms with Crippen LogP contribution in [-0.2, 0) is 14.3 Å². The molecule has 2 rings (SSSR count). The van der Waals surface area contributed by atoms with Gasteiger partial charge in [0.25, 0.3) is 0 Å². The van der Waals surface area contributed by atoms with Gasteiger partial charge in [0.1, 0.15) is 23.3 Å². The van der Waals surface area contributed by atoms with Crippen LogP contribution < -0.4 is 5.32 Å². The summed E-state index contributed by atoms with van der Waals surface area (Å²) < 4.78 is 5.43. The molecule has 3 atom stereocenters. The molecule has 0 amide bonds. The maximum absolute atomic E-state index is 12.3. The smallest absolute Gasteiger partial charge is 0.329 e. The Morgan fingerprint density at radius 1 is 1.58 bits per heavy atom. The van der Waals surface area contributed by atoms with Crippen LogP contribution >= 0.6 is 0 Å². The van der Waals surface area contributed by atoms with Gasteiger partial charge in [0.2, 0.25) is 0 Å². The van der Waals surface area contributed by atoms with E-state index in [2.05, 4.69) is 11.9 Å². The van der Waals surface area contributed by atoms with Crippen molar-refractivity contribution in [2.24, 2.45) is 5.92 Å². The zero-order valence-electron chi connectivity index (χ0n) is 11.6. The van der Waals surface area contributed by atoms with Gasteiger partial charge in [-0.25, -0.2) is 9.59 Å². The molecule has 0 saturated carbocycles. The van der Waals surface area contributed by atoms with Crippen molar-refractivity contribution in [3.05, 3.63) is 18.4 Å². The summed E-state index contributed by atoms with van der Waals surface area (Å²) in [6.45, 7) is 10.00. The van der Waals surface area contributed by atoms with Gasteiger partial charge < -0.3 is 9.64 Å². The van der Waals surface area contributed by atoms with E-state index in [0.717, 1.165) is 6.54 Å². The fourth-order valence-corrected chi connectivity index (χ4v) is 2.38. The first-order chi connectivity index (χ1) is 8.87. The lowest BCUT2D eigenvalue weighted by Crippen LogP contribution is -2.42. The lowest BCUT2D eigenvalue weighted by molar-refractivity contribution is -0.160. The van der Waals surface area contributed by atoms with Crippen molar-refractivity contribution in [3.63, 3.8) is 0 Å². The highest BCUT2D eigenvalue weighted by Crippen LogP contribution is 2.36. The van der Waals surface area contributed by atoms with Gasteiger partial charge in [-0.1, -0.05) is 6.08 Å². The molecule has 2 heterocycles. The Bertz CT molecular complexity index is 442. The van der Waals surface area contributed by atoms with Crippen LogP contribution in [0.2, 0.25) is 0 Å². The molecule has 5 nitrogen and oxygen atoms in total. The average molecular weight is 264 g/mol. The van der Waals surface area contributed by atoms with Crippen molar-refractivity contribution in [3.8, 4) is 0 Å². The molecule has 0 radical (unpaired) electrons. The highest BCUT2D eigenvalue weighted by Gasteiger charge is 2.47. The van der Waals surface area contributed by atoms with Gasteiger partial charge in [-0.15, -0.1) is 6.58 Å². The van der Waals surface area contributed by atoms with E-state index < -0.39 is 11.6 Å². The van der Waals surface area contributed by atoms with Gasteiger partial charge in [-0.3, -0.25) is 5.32 Å². The number of esters is 1. The van der Waals surface area contributed by atoms with E-state index in [0.29, 0.717) is 12.1 Å². The third kappa shape index (κ3) is 2.88. The zero-order chi connectivity index (χ0) is 14.2. The number of allylic oxidation sites excluding steroid dienone is 1. The minimum atomic E-state index is -0.531. The van der Waals surface area contributed by atoms with Crippen LogP contribution in [0.5, 0.6) is 0 Å². The lowest BCUT2D eigenvalue weighted by Gasteiger charge is -2.27. The Morgan fingerprint density at radius 2 is 2.21 bits per heavy atom. The molecule has 19 heavy (non-hydrogen) atoms. The second kappa shape index (κ2) is 4.83. The van der Waals surface area contributed by atoms with Crippen LogP contribution in [0.4, 0.5) is 0 Å². The molecule has 3 unspecified atom stereocenters. The van der Waals surface area contributed by atoms with Crippen LogP contribution in [0.15, 0.2) is 18.4 Å². The van der Waals surface area contributed by atoms with Gasteiger partial charge in [-0.05, 0) is 27.2 Å². The highest BCUT2D eigenvalue weighted by molar-refractivity contribution is 5.78. The Kier molecular flexibility index (Phi) is 3.52. The summed E-state index contributed by atoms with van der Waals surface area (Å²) in [5, 5.41) is 3.12.